The van der Waals surface area contributed by atoms with Gasteiger partial charge in [-0.1, -0.05) is 42.5 Å². The van der Waals surface area contributed by atoms with E-state index in [1.54, 1.807) is 0 Å². The Balaban J connectivity index is 1.78. The molecular formula is C21H21N5O2. The number of fused-ring (bicyclic) bond motifs is 1. The maximum Gasteiger partial charge on any atom is 0.354 e. The monoisotopic (exact) mass is 375 g/mol. The first-order chi connectivity index (χ1) is 13.7. The van der Waals surface area contributed by atoms with Crippen LogP contribution >= 0.6 is 0 Å². The molecule has 0 saturated carbocycles. The maximum absolute atomic E-state index is 12.1. The lowest BCUT2D eigenvalue weighted by Crippen LogP contribution is -2.32. The zero-order valence-electron chi connectivity index (χ0n) is 15.7. The number of para-hydroxylation sites is 1. The third-order valence-electron chi connectivity index (χ3n) is 5.04. The summed E-state index contributed by atoms with van der Waals surface area (Å²) in [5.74, 6) is 0.696. The Kier molecular flexibility index (Phi) is 4.89. The van der Waals surface area contributed by atoms with Gasteiger partial charge in [0.05, 0.1) is 4.92 Å². The van der Waals surface area contributed by atoms with E-state index in [0.29, 0.717) is 31.3 Å². The van der Waals surface area contributed by atoms with Crippen LogP contribution in [0.4, 0.5) is 23.0 Å². The molecule has 4 rings (SSSR count). The van der Waals surface area contributed by atoms with Crippen LogP contribution in [0.5, 0.6) is 0 Å². The zero-order chi connectivity index (χ0) is 19.5. The van der Waals surface area contributed by atoms with Crippen molar-refractivity contribution in [2.45, 2.75) is 19.9 Å². The molecule has 3 aromatic rings. The standard InChI is InChI=1S/C21H21N5O2/c1-2-25(18-10-4-3-5-11-18)21-19(26(27)28)20(22-15-23-21)24-13-12-16-8-6-7-9-17(16)14-24/h3-11,15H,2,12-14H2,1H3. The lowest BCUT2D eigenvalue weighted by Gasteiger charge is -2.30. The normalized spacial score (nSPS) is 13.1. The fourth-order valence-electron chi connectivity index (χ4n) is 3.69. The number of anilines is 3. The van der Waals surface area contributed by atoms with E-state index in [0.717, 1.165) is 12.1 Å². The topological polar surface area (TPSA) is 75.4 Å². The van der Waals surface area contributed by atoms with Crippen molar-refractivity contribution in [2.24, 2.45) is 0 Å². The Morgan fingerprint density at radius 2 is 1.79 bits per heavy atom. The molecule has 0 unspecified atom stereocenters. The van der Waals surface area contributed by atoms with Crippen LogP contribution in [0, 0.1) is 10.1 Å². The second kappa shape index (κ2) is 7.64. The summed E-state index contributed by atoms with van der Waals surface area (Å²) in [6.07, 6.45) is 2.26. The Morgan fingerprint density at radius 3 is 2.50 bits per heavy atom. The van der Waals surface area contributed by atoms with Gasteiger partial charge >= 0.3 is 5.69 Å². The molecule has 0 amide bonds. The molecule has 0 spiro atoms. The highest BCUT2D eigenvalue weighted by molar-refractivity contribution is 5.76. The van der Waals surface area contributed by atoms with E-state index in [4.69, 9.17) is 0 Å². The zero-order valence-corrected chi connectivity index (χ0v) is 15.7. The van der Waals surface area contributed by atoms with Gasteiger partial charge in [-0.3, -0.25) is 10.1 Å². The number of rotatable bonds is 5. The van der Waals surface area contributed by atoms with Crippen LogP contribution in [0.15, 0.2) is 60.9 Å². The molecule has 0 atom stereocenters. The van der Waals surface area contributed by atoms with Crippen LogP contribution in [0.25, 0.3) is 0 Å². The van der Waals surface area contributed by atoms with Crippen LogP contribution in [0.1, 0.15) is 18.1 Å². The highest BCUT2D eigenvalue weighted by Crippen LogP contribution is 2.38. The molecule has 7 heteroatoms. The lowest BCUT2D eigenvalue weighted by molar-refractivity contribution is -0.383. The van der Waals surface area contributed by atoms with Gasteiger partial charge in [0.1, 0.15) is 6.33 Å². The average Bonchev–Trinajstić information content (AvgIpc) is 2.74. The first-order valence-corrected chi connectivity index (χ1v) is 9.32. The Bertz CT molecular complexity index is 993. The summed E-state index contributed by atoms with van der Waals surface area (Å²) >= 11 is 0. The largest absolute Gasteiger partial charge is 0.354 e. The number of nitrogens with zero attached hydrogens (tertiary/aromatic N) is 5. The van der Waals surface area contributed by atoms with Crippen molar-refractivity contribution in [2.75, 3.05) is 22.9 Å². The lowest BCUT2D eigenvalue weighted by atomic mass is 10.00. The van der Waals surface area contributed by atoms with E-state index in [-0.39, 0.29) is 10.6 Å². The van der Waals surface area contributed by atoms with Crippen LogP contribution in [0.2, 0.25) is 0 Å². The minimum absolute atomic E-state index is 0.0485. The van der Waals surface area contributed by atoms with E-state index in [1.165, 1.54) is 17.5 Å². The number of aromatic nitrogens is 2. The molecule has 0 fully saturated rings. The van der Waals surface area contributed by atoms with Crippen molar-refractivity contribution in [1.82, 2.24) is 9.97 Å². The van der Waals surface area contributed by atoms with Gasteiger partial charge in [-0.25, -0.2) is 9.97 Å². The quantitative estimate of drug-likeness (QED) is 0.493. The SMILES string of the molecule is CCN(c1ccccc1)c1ncnc(N2CCc3ccccc3C2)c1[N+](=O)[O-]. The van der Waals surface area contributed by atoms with Crippen LogP contribution in [-0.2, 0) is 13.0 Å². The molecule has 0 N–H and O–H groups in total. The van der Waals surface area contributed by atoms with Crippen LogP contribution < -0.4 is 9.80 Å². The Hall–Kier alpha value is -3.48. The number of nitro groups is 1. The number of benzene rings is 2. The van der Waals surface area contributed by atoms with Crippen molar-refractivity contribution >= 4 is 23.0 Å². The Morgan fingerprint density at radius 1 is 1.07 bits per heavy atom. The van der Waals surface area contributed by atoms with E-state index in [9.17, 15) is 10.1 Å². The molecule has 0 bridgehead atoms. The molecule has 1 aromatic heterocycles. The third-order valence-corrected chi connectivity index (χ3v) is 5.04. The minimum atomic E-state index is -0.364. The van der Waals surface area contributed by atoms with Crippen molar-refractivity contribution in [3.8, 4) is 0 Å². The van der Waals surface area contributed by atoms with E-state index in [1.807, 2.05) is 59.2 Å². The molecule has 0 saturated heterocycles. The highest BCUT2D eigenvalue weighted by atomic mass is 16.6. The van der Waals surface area contributed by atoms with Crippen LogP contribution in [0.3, 0.4) is 0 Å². The maximum atomic E-state index is 12.1. The van der Waals surface area contributed by atoms with Gasteiger partial charge in [0.15, 0.2) is 0 Å². The predicted molar refractivity (Wildman–Crippen MR) is 109 cm³/mol. The summed E-state index contributed by atoms with van der Waals surface area (Å²) < 4.78 is 0. The molecule has 2 heterocycles. The third kappa shape index (κ3) is 3.26. The molecule has 7 nitrogen and oxygen atoms in total. The van der Waals surface area contributed by atoms with Crippen molar-refractivity contribution in [1.29, 1.82) is 0 Å². The fourth-order valence-corrected chi connectivity index (χ4v) is 3.69. The van der Waals surface area contributed by atoms with Crippen molar-refractivity contribution in [3.05, 3.63) is 82.2 Å². The average molecular weight is 375 g/mol. The van der Waals surface area contributed by atoms with Crippen LogP contribution in [-0.4, -0.2) is 28.0 Å². The van der Waals surface area contributed by atoms with Gasteiger partial charge in [-0.15, -0.1) is 0 Å². The van der Waals surface area contributed by atoms with Gasteiger partial charge < -0.3 is 9.80 Å². The summed E-state index contributed by atoms with van der Waals surface area (Å²) in [5, 5.41) is 12.1. The molecule has 28 heavy (non-hydrogen) atoms. The first kappa shape index (κ1) is 17.9. The summed E-state index contributed by atoms with van der Waals surface area (Å²) in [4.78, 5) is 24.1. The number of hydrogen-bond acceptors (Lipinski definition) is 6. The molecule has 0 aliphatic carbocycles. The second-order valence-electron chi connectivity index (χ2n) is 6.65. The van der Waals surface area contributed by atoms with Gasteiger partial charge in [-0.05, 0) is 36.6 Å². The van der Waals surface area contributed by atoms with E-state index < -0.39 is 0 Å². The van der Waals surface area contributed by atoms with Crippen molar-refractivity contribution in [3.63, 3.8) is 0 Å². The van der Waals surface area contributed by atoms with Gasteiger partial charge in [0, 0.05) is 25.3 Å². The van der Waals surface area contributed by atoms with E-state index >= 15 is 0 Å². The van der Waals surface area contributed by atoms with Gasteiger partial charge in [-0.2, -0.15) is 0 Å². The molecule has 0 radical (unpaired) electrons. The van der Waals surface area contributed by atoms with Gasteiger partial charge in [0.25, 0.3) is 0 Å². The van der Waals surface area contributed by atoms with Gasteiger partial charge in [0.2, 0.25) is 11.6 Å². The smallest absolute Gasteiger partial charge is 0.346 e. The van der Waals surface area contributed by atoms with E-state index in [2.05, 4.69) is 22.1 Å². The molecule has 1 aliphatic heterocycles. The number of hydrogen-bond donors (Lipinski definition) is 0. The summed E-state index contributed by atoms with van der Waals surface area (Å²) in [5.41, 5.74) is 3.28. The molecule has 1 aliphatic rings. The fraction of sp³-hybridized carbons (Fsp3) is 0.238. The predicted octanol–water partition coefficient (Wildman–Crippen LogP) is 4.11. The second-order valence-corrected chi connectivity index (χ2v) is 6.65. The summed E-state index contributed by atoms with van der Waals surface area (Å²) in [6.45, 7) is 3.80. The highest BCUT2D eigenvalue weighted by Gasteiger charge is 2.31. The molecular weight excluding hydrogens is 354 g/mol. The summed E-state index contributed by atoms with van der Waals surface area (Å²) in [6, 6.07) is 17.8. The molecule has 142 valence electrons. The molecule has 2 aromatic carbocycles. The summed E-state index contributed by atoms with van der Waals surface area (Å²) in [7, 11) is 0. The minimum Gasteiger partial charge on any atom is -0.346 e. The van der Waals surface area contributed by atoms with Crippen molar-refractivity contribution < 1.29 is 4.92 Å². The first-order valence-electron chi connectivity index (χ1n) is 9.32. The Labute approximate surface area is 163 Å².